The number of rotatable bonds is 4. The maximum atomic E-state index is 12.0. The number of aryl methyl sites for hydroxylation is 1. The van der Waals surface area contributed by atoms with Crippen LogP contribution in [0.4, 0.5) is 11.5 Å². The number of carbonyl (C=O) groups is 1. The number of pyridine rings is 1. The van der Waals surface area contributed by atoms with Crippen LogP contribution in [0, 0.1) is 17.0 Å². The Morgan fingerprint density at radius 3 is 3.05 bits per heavy atom. The number of hydrogen-bond acceptors (Lipinski definition) is 7. The number of nitrogens with one attached hydrogen (secondary N) is 1. The summed E-state index contributed by atoms with van der Waals surface area (Å²) in [6.45, 7) is 5.22. The van der Waals surface area contributed by atoms with Gasteiger partial charge >= 0.3 is 11.7 Å². The van der Waals surface area contributed by atoms with E-state index in [0.717, 1.165) is 0 Å². The number of esters is 1. The lowest BCUT2D eigenvalue weighted by molar-refractivity contribution is -0.384. The Balaban J connectivity index is 2.39. The molecule has 2 rings (SSSR count). The Morgan fingerprint density at radius 1 is 1.62 bits per heavy atom. The summed E-state index contributed by atoms with van der Waals surface area (Å²) in [7, 11) is 0. The number of anilines is 1. The van der Waals surface area contributed by atoms with Crippen molar-refractivity contribution in [2.24, 2.45) is 0 Å². The second-order valence-electron chi connectivity index (χ2n) is 4.72. The van der Waals surface area contributed by atoms with E-state index in [9.17, 15) is 14.9 Å². The summed E-state index contributed by atoms with van der Waals surface area (Å²) < 4.78 is 5.05. The summed E-state index contributed by atoms with van der Waals surface area (Å²) in [5.41, 5.74) is 0.563. The van der Waals surface area contributed by atoms with Crippen LogP contribution in [0.5, 0.6) is 0 Å². The molecule has 1 saturated heterocycles. The summed E-state index contributed by atoms with van der Waals surface area (Å²) in [6.07, 6.45) is 0. The first-order valence-electron chi connectivity index (χ1n) is 6.80. The lowest BCUT2D eigenvalue weighted by atomic mass is 10.1. The predicted octanol–water partition coefficient (Wildman–Crippen LogP) is 0.640. The second-order valence-corrected chi connectivity index (χ2v) is 4.72. The molecule has 0 aromatic carbocycles. The van der Waals surface area contributed by atoms with Crippen LogP contribution in [0.2, 0.25) is 0 Å². The molecule has 8 heteroatoms. The van der Waals surface area contributed by atoms with E-state index in [2.05, 4.69) is 10.3 Å². The van der Waals surface area contributed by atoms with Crippen LogP contribution in [0.3, 0.4) is 0 Å². The minimum absolute atomic E-state index is 0.100. The van der Waals surface area contributed by atoms with E-state index in [1.54, 1.807) is 24.8 Å². The Kier molecular flexibility index (Phi) is 4.69. The first-order chi connectivity index (χ1) is 10.0. The van der Waals surface area contributed by atoms with E-state index in [4.69, 9.17) is 4.74 Å². The highest BCUT2D eigenvalue weighted by molar-refractivity contribution is 5.81. The van der Waals surface area contributed by atoms with E-state index in [1.165, 1.54) is 6.07 Å². The second kappa shape index (κ2) is 6.49. The van der Waals surface area contributed by atoms with E-state index in [0.29, 0.717) is 25.3 Å². The third-order valence-corrected chi connectivity index (χ3v) is 3.26. The molecule has 0 saturated carbocycles. The molecule has 1 atom stereocenters. The molecule has 2 heterocycles. The summed E-state index contributed by atoms with van der Waals surface area (Å²) >= 11 is 0. The normalized spacial score (nSPS) is 18.4. The van der Waals surface area contributed by atoms with Gasteiger partial charge in [0.05, 0.1) is 11.5 Å². The molecule has 0 aliphatic carbocycles. The first kappa shape index (κ1) is 15.2. The number of hydrogen-bond donors (Lipinski definition) is 1. The van der Waals surface area contributed by atoms with E-state index in [1.807, 2.05) is 0 Å². The molecule has 8 nitrogen and oxygen atoms in total. The van der Waals surface area contributed by atoms with Gasteiger partial charge in [0.25, 0.3) is 0 Å². The van der Waals surface area contributed by atoms with Gasteiger partial charge in [-0.25, -0.2) is 9.78 Å². The van der Waals surface area contributed by atoms with Crippen LogP contribution in [-0.2, 0) is 9.53 Å². The largest absolute Gasteiger partial charge is 0.464 e. The topological polar surface area (TPSA) is 97.6 Å². The molecule has 0 bridgehead atoms. The van der Waals surface area contributed by atoms with Gasteiger partial charge in [0.15, 0.2) is 0 Å². The first-order valence-corrected chi connectivity index (χ1v) is 6.80. The fraction of sp³-hybridized carbons (Fsp3) is 0.538. The van der Waals surface area contributed by atoms with Crippen molar-refractivity contribution in [3.8, 4) is 0 Å². The van der Waals surface area contributed by atoms with Crippen molar-refractivity contribution in [1.29, 1.82) is 0 Å². The number of piperazine rings is 1. The monoisotopic (exact) mass is 294 g/mol. The molecule has 114 valence electrons. The van der Waals surface area contributed by atoms with Crippen LogP contribution < -0.4 is 10.2 Å². The van der Waals surface area contributed by atoms with Crippen LogP contribution >= 0.6 is 0 Å². The fourth-order valence-corrected chi connectivity index (χ4v) is 2.30. The standard InChI is InChI=1S/C13H18N4O4/c1-3-21-13(18)11-8-14-6-7-16(11)12-10(17(19)20)5-4-9(2)15-12/h4-5,11,14H,3,6-8H2,1-2H3. The number of carbonyl (C=O) groups excluding carboxylic acids is 1. The van der Waals surface area contributed by atoms with Gasteiger partial charge in [0.2, 0.25) is 5.82 Å². The highest BCUT2D eigenvalue weighted by atomic mass is 16.6. The van der Waals surface area contributed by atoms with Crippen LogP contribution in [-0.4, -0.2) is 48.2 Å². The third-order valence-electron chi connectivity index (χ3n) is 3.26. The molecule has 0 spiro atoms. The molecule has 1 aliphatic heterocycles. The molecule has 1 aromatic rings. The van der Waals surface area contributed by atoms with Gasteiger partial charge in [-0.3, -0.25) is 10.1 Å². The summed E-state index contributed by atoms with van der Waals surface area (Å²) in [4.78, 5) is 28.7. The zero-order valence-electron chi connectivity index (χ0n) is 12.0. The third kappa shape index (κ3) is 3.27. The van der Waals surface area contributed by atoms with Crippen molar-refractivity contribution in [2.45, 2.75) is 19.9 Å². The SMILES string of the molecule is CCOC(=O)C1CNCCN1c1nc(C)ccc1[N+](=O)[O-]. The molecule has 0 amide bonds. The van der Waals surface area contributed by atoms with Crippen LogP contribution in [0.15, 0.2) is 12.1 Å². The van der Waals surface area contributed by atoms with Gasteiger partial charge < -0.3 is 15.0 Å². The Hall–Kier alpha value is -2.22. The van der Waals surface area contributed by atoms with Crippen molar-refractivity contribution in [1.82, 2.24) is 10.3 Å². The average Bonchev–Trinajstić information content (AvgIpc) is 2.47. The van der Waals surface area contributed by atoms with E-state index < -0.39 is 16.9 Å². The van der Waals surface area contributed by atoms with Gasteiger partial charge in [-0.1, -0.05) is 0 Å². The molecular weight excluding hydrogens is 276 g/mol. The summed E-state index contributed by atoms with van der Waals surface area (Å²) in [5.74, 6) is -0.179. The number of ether oxygens (including phenoxy) is 1. The van der Waals surface area contributed by atoms with Gasteiger partial charge in [-0.2, -0.15) is 0 Å². The van der Waals surface area contributed by atoms with Crippen molar-refractivity contribution < 1.29 is 14.5 Å². The highest BCUT2D eigenvalue weighted by Crippen LogP contribution is 2.28. The Morgan fingerprint density at radius 2 is 2.38 bits per heavy atom. The molecule has 1 aliphatic rings. The Bertz CT molecular complexity index is 549. The lowest BCUT2D eigenvalue weighted by Gasteiger charge is -2.35. The number of nitro groups is 1. The van der Waals surface area contributed by atoms with Crippen molar-refractivity contribution >= 4 is 17.5 Å². The number of nitrogens with zero attached hydrogens (tertiary/aromatic N) is 3. The lowest BCUT2D eigenvalue weighted by Crippen LogP contribution is -2.56. The predicted molar refractivity (Wildman–Crippen MR) is 76.3 cm³/mol. The van der Waals surface area contributed by atoms with Gasteiger partial charge in [-0.15, -0.1) is 0 Å². The van der Waals surface area contributed by atoms with Gasteiger partial charge in [-0.05, 0) is 19.9 Å². The highest BCUT2D eigenvalue weighted by Gasteiger charge is 2.34. The van der Waals surface area contributed by atoms with Crippen molar-refractivity contribution in [2.75, 3.05) is 31.1 Å². The molecular formula is C13H18N4O4. The van der Waals surface area contributed by atoms with Crippen LogP contribution in [0.25, 0.3) is 0 Å². The fourth-order valence-electron chi connectivity index (χ4n) is 2.30. The number of aromatic nitrogens is 1. The van der Waals surface area contributed by atoms with Crippen molar-refractivity contribution in [3.05, 3.63) is 27.9 Å². The van der Waals surface area contributed by atoms with E-state index >= 15 is 0 Å². The molecule has 1 fully saturated rings. The summed E-state index contributed by atoms with van der Waals surface area (Å²) in [6, 6.07) is 2.40. The zero-order valence-corrected chi connectivity index (χ0v) is 12.0. The Labute approximate surface area is 122 Å². The minimum atomic E-state index is -0.605. The minimum Gasteiger partial charge on any atom is -0.464 e. The zero-order chi connectivity index (χ0) is 15.4. The van der Waals surface area contributed by atoms with Gasteiger partial charge in [0.1, 0.15) is 6.04 Å². The average molecular weight is 294 g/mol. The van der Waals surface area contributed by atoms with Crippen LogP contribution in [0.1, 0.15) is 12.6 Å². The maximum absolute atomic E-state index is 12.0. The van der Waals surface area contributed by atoms with E-state index in [-0.39, 0.29) is 18.1 Å². The summed E-state index contributed by atoms with van der Waals surface area (Å²) in [5, 5.41) is 14.3. The molecule has 21 heavy (non-hydrogen) atoms. The molecule has 1 N–H and O–H groups in total. The maximum Gasteiger partial charge on any atom is 0.330 e. The van der Waals surface area contributed by atoms with Gasteiger partial charge in [0, 0.05) is 31.4 Å². The molecule has 1 unspecified atom stereocenters. The molecule has 1 aromatic heterocycles. The smallest absolute Gasteiger partial charge is 0.330 e. The quantitative estimate of drug-likeness (QED) is 0.494. The molecule has 0 radical (unpaired) electrons. The van der Waals surface area contributed by atoms with Crippen molar-refractivity contribution in [3.63, 3.8) is 0 Å².